The maximum atomic E-state index is 13.0. The second-order valence-electron chi connectivity index (χ2n) is 8.73. The molecule has 8 nitrogen and oxygen atoms in total. The number of hydrogen-bond acceptors (Lipinski definition) is 6. The van der Waals surface area contributed by atoms with E-state index in [1.807, 2.05) is 39.0 Å². The minimum atomic E-state index is -0.624. The third-order valence-corrected chi connectivity index (χ3v) is 6.29. The van der Waals surface area contributed by atoms with Crippen LogP contribution in [0, 0.1) is 5.92 Å². The van der Waals surface area contributed by atoms with E-state index in [4.69, 9.17) is 10.5 Å². The van der Waals surface area contributed by atoms with Crippen molar-refractivity contribution in [3.8, 4) is 11.1 Å². The van der Waals surface area contributed by atoms with Crippen molar-refractivity contribution in [2.45, 2.75) is 64.3 Å². The number of aliphatic hydroxyl groups is 1. The van der Waals surface area contributed by atoms with Crippen LogP contribution in [0.4, 0.5) is 11.4 Å². The minimum absolute atomic E-state index is 0.0461. The van der Waals surface area contributed by atoms with E-state index in [1.54, 1.807) is 6.92 Å². The van der Waals surface area contributed by atoms with Gasteiger partial charge in [-0.2, -0.15) is 5.10 Å². The Morgan fingerprint density at radius 2 is 2.10 bits per heavy atom. The van der Waals surface area contributed by atoms with Gasteiger partial charge in [0.1, 0.15) is 18.6 Å². The first-order valence-corrected chi connectivity index (χ1v) is 10.8. The molecule has 0 radical (unpaired) electrons. The second kappa shape index (κ2) is 7.37. The lowest BCUT2D eigenvalue weighted by atomic mass is 10.0. The fourth-order valence-electron chi connectivity index (χ4n) is 4.44. The van der Waals surface area contributed by atoms with Gasteiger partial charge < -0.3 is 25.4 Å². The number of amides is 1. The molecule has 2 fully saturated rings. The molecule has 8 heteroatoms. The molecule has 30 heavy (non-hydrogen) atoms. The maximum absolute atomic E-state index is 13.0. The number of ether oxygens (including phenoxy) is 1. The van der Waals surface area contributed by atoms with Gasteiger partial charge in [-0.15, -0.1) is 0 Å². The van der Waals surface area contributed by atoms with E-state index in [9.17, 15) is 9.90 Å². The highest BCUT2D eigenvalue weighted by Crippen LogP contribution is 2.42. The molecular formula is C22H29N5O3. The van der Waals surface area contributed by atoms with Gasteiger partial charge in [0, 0.05) is 36.8 Å². The van der Waals surface area contributed by atoms with Gasteiger partial charge in [0.2, 0.25) is 5.91 Å². The van der Waals surface area contributed by atoms with Gasteiger partial charge in [0.05, 0.1) is 17.6 Å². The Balaban J connectivity index is 1.44. The highest BCUT2D eigenvalue weighted by Gasteiger charge is 2.39. The van der Waals surface area contributed by atoms with Crippen LogP contribution in [0.5, 0.6) is 0 Å². The van der Waals surface area contributed by atoms with E-state index >= 15 is 0 Å². The molecule has 3 aliphatic rings. The van der Waals surface area contributed by atoms with Crippen molar-refractivity contribution in [1.29, 1.82) is 0 Å². The Morgan fingerprint density at radius 1 is 1.33 bits per heavy atom. The van der Waals surface area contributed by atoms with Gasteiger partial charge in [-0.1, -0.05) is 6.07 Å². The first-order valence-electron chi connectivity index (χ1n) is 10.8. The number of nitrogens with two attached hydrogens (primary N) is 1. The molecule has 4 atom stereocenters. The number of carbonyl (C=O) groups is 1. The quantitative estimate of drug-likeness (QED) is 0.705. The first-order chi connectivity index (χ1) is 14.4. The molecule has 1 aliphatic carbocycles. The number of hydrogen-bond donors (Lipinski definition) is 2. The molecule has 3 N–H and O–H groups in total. The van der Waals surface area contributed by atoms with E-state index in [0.29, 0.717) is 6.54 Å². The van der Waals surface area contributed by atoms with E-state index in [0.717, 1.165) is 48.3 Å². The summed E-state index contributed by atoms with van der Waals surface area (Å²) in [4.78, 5) is 16.9. The molecule has 3 heterocycles. The van der Waals surface area contributed by atoms with E-state index < -0.39 is 6.23 Å². The van der Waals surface area contributed by atoms with E-state index in [-0.39, 0.29) is 30.2 Å². The molecule has 1 saturated heterocycles. The molecule has 0 bridgehead atoms. The number of carbonyl (C=O) groups excluding carboxylic acids is 1. The van der Waals surface area contributed by atoms with Crippen LogP contribution in [0.25, 0.3) is 11.1 Å². The SMILES string of the molecule is CC(O)N1c2ccc(-c3cnn(CCC4OC4N)c3)cc2N(C(=O)C2CC2)C[C@@H]1C. The molecule has 5 rings (SSSR count). The number of rotatable bonds is 6. The highest BCUT2D eigenvalue weighted by molar-refractivity contribution is 6.01. The number of anilines is 2. The molecular weight excluding hydrogens is 382 g/mol. The monoisotopic (exact) mass is 411 g/mol. The standard InChI is InChI=1S/C22H29N5O3/c1-13-11-26(22(29)15-3-4-15)19-9-16(5-6-18(19)27(13)14(2)28)17-10-24-25(12-17)8-7-20-21(23)30-20/h5-6,9-10,12-15,20-21,28H,3-4,7-8,11,23H2,1-2H3/t13-,14?,20?,21?/m0/s1. The summed E-state index contributed by atoms with van der Waals surface area (Å²) in [6, 6.07) is 6.14. The molecule has 1 saturated carbocycles. The number of epoxide rings is 1. The van der Waals surface area contributed by atoms with Crippen molar-refractivity contribution in [3.05, 3.63) is 30.6 Å². The van der Waals surface area contributed by atoms with Crippen molar-refractivity contribution < 1.29 is 14.6 Å². The van der Waals surface area contributed by atoms with Crippen LogP contribution in [0.1, 0.15) is 33.1 Å². The number of aliphatic hydroxyl groups excluding tert-OH is 1. The fourth-order valence-corrected chi connectivity index (χ4v) is 4.44. The Morgan fingerprint density at radius 3 is 2.77 bits per heavy atom. The Labute approximate surface area is 176 Å². The van der Waals surface area contributed by atoms with Crippen LogP contribution in [0.3, 0.4) is 0 Å². The fraction of sp³-hybridized carbons (Fsp3) is 0.545. The molecule has 2 aromatic rings. The molecule has 160 valence electrons. The average molecular weight is 412 g/mol. The summed E-state index contributed by atoms with van der Waals surface area (Å²) in [5.41, 5.74) is 9.46. The molecule has 0 spiro atoms. The van der Waals surface area contributed by atoms with Crippen molar-refractivity contribution in [3.63, 3.8) is 0 Å². The predicted molar refractivity (Wildman–Crippen MR) is 114 cm³/mol. The number of aromatic nitrogens is 2. The summed E-state index contributed by atoms with van der Waals surface area (Å²) in [5.74, 6) is 0.340. The van der Waals surface area contributed by atoms with Crippen LogP contribution in [0.2, 0.25) is 0 Å². The van der Waals surface area contributed by atoms with Crippen molar-refractivity contribution in [1.82, 2.24) is 9.78 Å². The van der Waals surface area contributed by atoms with Crippen LogP contribution in [-0.2, 0) is 16.1 Å². The molecule has 1 aromatic heterocycles. The Kier molecular flexibility index (Phi) is 4.80. The summed E-state index contributed by atoms with van der Waals surface area (Å²) in [6.45, 7) is 5.16. The smallest absolute Gasteiger partial charge is 0.230 e. The molecule has 3 unspecified atom stereocenters. The van der Waals surface area contributed by atoms with Gasteiger partial charge in [-0.25, -0.2) is 0 Å². The number of fused-ring (bicyclic) bond motifs is 1. The van der Waals surface area contributed by atoms with Gasteiger partial charge in [0.25, 0.3) is 0 Å². The lowest BCUT2D eigenvalue weighted by Crippen LogP contribution is -2.53. The topological polar surface area (TPSA) is 100 Å². The summed E-state index contributed by atoms with van der Waals surface area (Å²) in [7, 11) is 0. The lowest BCUT2D eigenvalue weighted by Gasteiger charge is -2.44. The Hall–Kier alpha value is -2.42. The lowest BCUT2D eigenvalue weighted by molar-refractivity contribution is -0.119. The number of benzene rings is 1. The predicted octanol–water partition coefficient (Wildman–Crippen LogP) is 1.91. The van der Waals surface area contributed by atoms with Gasteiger partial charge in [-0.05, 0) is 50.8 Å². The summed E-state index contributed by atoms with van der Waals surface area (Å²) >= 11 is 0. The second-order valence-corrected chi connectivity index (χ2v) is 8.73. The third kappa shape index (κ3) is 3.59. The number of nitrogens with zero attached hydrogens (tertiary/aromatic N) is 4. The first kappa shape index (κ1) is 19.5. The summed E-state index contributed by atoms with van der Waals surface area (Å²) < 4.78 is 7.17. The molecule has 1 aromatic carbocycles. The average Bonchev–Trinajstić information content (AvgIpc) is 3.64. The normalized spacial score (nSPS) is 26.5. The van der Waals surface area contributed by atoms with Crippen LogP contribution in [0.15, 0.2) is 30.6 Å². The van der Waals surface area contributed by atoms with Gasteiger partial charge >= 0.3 is 0 Å². The summed E-state index contributed by atoms with van der Waals surface area (Å²) in [5, 5.41) is 14.8. The zero-order chi connectivity index (χ0) is 21.0. The maximum Gasteiger partial charge on any atom is 0.230 e. The molecule has 1 amide bonds. The van der Waals surface area contributed by atoms with E-state index in [1.165, 1.54) is 0 Å². The zero-order valence-electron chi connectivity index (χ0n) is 17.4. The highest BCUT2D eigenvalue weighted by atomic mass is 16.6. The summed E-state index contributed by atoms with van der Waals surface area (Å²) in [6.07, 6.45) is 6.03. The van der Waals surface area contributed by atoms with Gasteiger partial charge in [-0.3, -0.25) is 9.48 Å². The van der Waals surface area contributed by atoms with E-state index in [2.05, 4.69) is 18.1 Å². The van der Waals surface area contributed by atoms with Crippen molar-refractivity contribution in [2.24, 2.45) is 11.7 Å². The zero-order valence-corrected chi connectivity index (χ0v) is 17.4. The van der Waals surface area contributed by atoms with Crippen LogP contribution < -0.4 is 15.5 Å². The molecule has 2 aliphatic heterocycles. The van der Waals surface area contributed by atoms with Gasteiger partial charge in [0.15, 0.2) is 0 Å². The largest absolute Gasteiger partial charge is 0.374 e. The van der Waals surface area contributed by atoms with Crippen molar-refractivity contribution in [2.75, 3.05) is 16.3 Å². The third-order valence-electron chi connectivity index (χ3n) is 6.29. The number of aryl methyl sites for hydroxylation is 1. The van der Waals surface area contributed by atoms with Crippen molar-refractivity contribution >= 4 is 17.3 Å². The minimum Gasteiger partial charge on any atom is -0.374 e. The van der Waals surface area contributed by atoms with Crippen LogP contribution >= 0.6 is 0 Å². The van der Waals surface area contributed by atoms with Crippen LogP contribution in [-0.4, -0.2) is 51.9 Å². The Bertz CT molecular complexity index is 954.